The fraction of sp³-hybridized carbons (Fsp3) is 0. The largest absolute Gasteiger partial charge is 0.310 e. The predicted molar refractivity (Wildman–Crippen MR) is 274 cm³/mol. The van der Waals surface area contributed by atoms with Crippen LogP contribution < -0.4 is 4.90 Å². The standard InChI is InChI=1S/C60H39N3S/c1-4-17-40(18-5-1)42-37-50(41-19-6-2-7-20-41)60-52(38-42)59-55(28-16-29-56(59)63(60)43-21-8-3-9-22-43)61(46-35-36-58-51(39-46)49-25-12-15-30-57(49)64-58)44-31-33-45(34-32-44)62-53-26-13-10-23-47(53)48-24-11-14-27-54(48)62/h1-39H/i1D,2D,3D,4D,5D,6D,7D,8D,9D,10D,11D,12D,13D,14D,15D,16D,17D,18D,19D,20D,21D,22D,23D,24D,25D,26D,27D,28D,29D,30D,31D,32D,33D,34D,35D,36D,37D,38D,39D. The molecule has 300 valence electrons. The molecule has 0 N–H and O–H groups in total. The first-order valence-electron chi connectivity index (χ1n) is 38.2. The third-order valence-corrected chi connectivity index (χ3v) is 11.1. The Balaban J connectivity index is 1.38. The average Bonchev–Trinajstić information content (AvgIpc) is 1.54. The van der Waals surface area contributed by atoms with Gasteiger partial charge >= 0.3 is 0 Å². The number of hydrogen-bond acceptors (Lipinski definition) is 2. The number of rotatable bonds is 7. The number of para-hydroxylation sites is 3. The van der Waals surface area contributed by atoms with Gasteiger partial charge in [-0.05, 0) is 113 Å². The van der Waals surface area contributed by atoms with Gasteiger partial charge in [-0.3, -0.25) is 0 Å². The zero-order chi connectivity index (χ0) is 76.1. The van der Waals surface area contributed by atoms with Crippen molar-refractivity contribution in [2.45, 2.75) is 0 Å². The molecule has 4 heteroatoms. The molecule has 0 aliphatic carbocycles. The Labute approximate surface area is 429 Å². The summed E-state index contributed by atoms with van der Waals surface area (Å²) in [6, 6.07) is -44.0. The molecule has 0 radical (unpaired) electrons. The fourth-order valence-electron chi connectivity index (χ4n) is 7.54. The maximum Gasteiger partial charge on any atom is 0.0652 e. The van der Waals surface area contributed by atoms with Gasteiger partial charge in [0.2, 0.25) is 0 Å². The summed E-state index contributed by atoms with van der Waals surface area (Å²) in [5.41, 5.74) is -14.0. The Morgan fingerprint density at radius 1 is 0.359 bits per heavy atom. The highest BCUT2D eigenvalue weighted by atomic mass is 32.1. The van der Waals surface area contributed by atoms with E-state index in [1.165, 1.54) is 0 Å². The number of fused-ring (bicyclic) bond motifs is 9. The summed E-state index contributed by atoms with van der Waals surface area (Å²) in [7, 11) is 0. The van der Waals surface area contributed by atoms with E-state index in [1.807, 2.05) is 0 Å². The quantitative estimate of drug-likeness (QED) is 0.155. The van der Waals surface area contributed by atoms with Gasteiger partial charge in [-0.1, -0.05) is 139 Å². The van der Waals surface area contributed by atoms with Gasteiger partial charge in [0.25, 0.3) is 0 Å². The van der Waals surface area contributed by atoms with Crippen molar-refractivity contribution in [2.24, 2.45) is 0 Å². The SMILES string of the molecule is [2H]c1c([2H])c([2H])c(-c2c([2H])c(-c3c([2H])c([2H])c([2H])c([2H])c3[2H])c3c(c2[2H])c2c(N(c4c([2H])c([2H])c(-n5c6c([2H])c([2H])c([2H])c([2H])c6c6c([2H])c([2H])c([2H])c([2H])c65)c([2H])c4[2H])c4c([2H])c([2H])c5sc6c([2H])c([2H])c([2H])c([2H])c6c5c4[2H])c([2H])c([2H])c([2H])c2n3-c2c([2H])c([2H])c([2H])c([2H])c2[2H])c([2H])c1[2H]. The van der Waals surface area contributed by atoms with Crippen molar-refractivity contribution in [2.75, 3.05) is 4.90 Å². The molecular formula is C60H39N3S. The highest BCUT2D eigenvalue weighted by molar-refractivity contribution is 7.25. The van der Waals surface area contributed by atoms with Crippen LogP contribution >= 0.6 is 11.3 Å². The zero-order valence-electron chi connectivity index (χ0n) is 70.7. The lowest BCUT2D eigenvalue weighted by atomic mass is 9.95. The molecular weight excluding hydrogens is 795 g/mol. The Kier molecular flexibility index (Phi) is 3.38. The van der Waals surface area contributed by atoms with Gasteiger partial charge in [-0.2, -0.15) is 0 Å². The monoisotopic (exact) mass is 873 g/mol. The maximum absolute atomic E-state index is 10.5. The van der Waals surface area contributed by atoms with E-state index in [2.05, 4.69) is 0 Å². The highest BCUT2D eigenvalue weighted by Crippen LogP contribution is 2.48. The van der Waals surface area contributed by atoms with E-state index < -0.39 is 345 Å². The second-order valence-corrected chi connectivity index (χ2v) is 14.5. The van der Waals surface area contributed by atoms with Crippen LogP contribution in [0.4, 0.5) is 17.1 Å². The first-order valence-corrected chi connectivity index (χ1v) is 19.5. The van der Waals surface area contributed by atoms with E-state index >= 15 is 0 Å². The summed E-state index contributed by atoms with van der Waals surface area (Å²) in [5.74, 6) is 0. The van der Waals surface area contributed by atoms with Crippen LogP contribution in [0, 0.1) is 0 Å². The molecule has 64 heavy (non-hydrogen) atoms. The van der Waals surface area contributed by atoms with Crippen LogP contribution in [0.25, 0.3) is 97.4 Å². The van der Waals surface area contributed by atoms with Crippen LogP contribution in [-0.4, -0.2) is 9.13 Å². The number of hydrogen-bond donors (Lipinski definition) is 0. The second kappa shape index (κ2) is 14.7. The van der Waals surface area contributed by atoms with Crippen molar-refractivity contribution in [3.8, 4) is 33.6 Å². The molecule has 13 aromatic rings. The maximum atomic E-state index is 10.5. The molecule has 0 bridgehead atoms. The van der Waals surface area contributed by atoms with Gasteiger partial charge in [0.15, 0.2) is 0 Å². The van der Waals surface area contributed by atoms with Gasteiger partial charge in [0.05, 0.1) is 81.2 Å². The number of nitrogens with zero attached hydrogens (tertiary/aromatic N) is 3. The van der Waals surface area contributed by atoms with Crippen LogP contribution in [0.1, 0.15) is 53.5 Å². The van der Waals surface area contributed by atoms with E-state index in [1.54, 1.807) is 0 Å². The Bertz CT molecular complexity index is 6050. The summed E-state index contributed by atoms with van der Waals surface area (Å²) in [5, 5.41) is -4.54. The molecule has 0 saturated heterocycles. The third kappa shape index (κ3) is 5.73. The van der Waals surface area contributed by atoms with Gasteiger partial charge in [0, 0.05) is 70.0 Å². The second-order valence-electron chi connectivity index (χ2n) is 13.5. The molecule has 0 unspecified atom stereocenters. The summed E-state index contributed by atoms with van der Waals surface area (Å²) in [6.45, 7) is 0. The molecule has 0 aliphatic heterocycles. The van der Waals surface area contributed by atoms with E-state index in [0.717, 1.165) is 0 Å². The molecule has 0 aliphatic rings. The Morgan fingerprint density at radius 3 is 1.64 bits per heavy atom. The van der Waals surface area contributed by atoms with Gasteiger partial charge < -0.3 is 14.0 Å². The predicted octanol–water partition coefficient (Wildman–Crippen LogP) is 17.1. The van der Waals surface area contributed by atoms with Crippen LogP contribution in [0.15, 0.2) is 236 Å². The molecule has 10 aromatic carbocycles. The minimum Gasteiger partial charge on any atom is -0.310 e. The Hall–Kier alpha value is -8.18. The van der Waals surface area contributed by atoms with Gasteiger partial charge in [0.1, 0.15) is 0 Å². The zero-order valence-corrected chi connectivity index (χ0v) is 32.6. The van der Waals surface area contributed by atoms with Crippen LogP contribution in [0.3, 0.4) is 0 Å². The minimum absolute atomic E-state index is 0.329. The lowest BCUT2D eigenvalue weighted by Gasteiger charge is -2.27. The normalized spacial score (nSPS) is 20.3. The molecule has 0 fully saturated rings. The molecule has 3 aromatic heterocycles. The first-order chi connectivity index (χ1) is 48.0. The number of anilines is 3. The van der Waals surface area contributed by atoms with Crippen LogP contribution in [0.2, 0.25) is 0 Å². The van der Waals surface area contributed by atoms with Crippen molar-refractivity contribution >= 4 is 92.2 Å². The van der Waals surface area contributed by atoms with Gasteiger partial charge in [-0.15, -0.1) is 11.3 Å². The average molecular weight is 873 g/mol. The first kappa shape index (κ1) is 14.7. The molecule has 0 atom stereocenters. The molecule has 13 rings (SSSR count). The lowest BCUT2D eigenvalue weighted by molar-refractivity contribution is 1.17. The molecule has 0 amide bonds. The van der Waals surface area contributed by atoms with E-state index in [0.29, 0.717) is 25.4 Å². The third-order valence-electron chi connectivity index (χ3n) is 10.1. The Morgan fingerprint density at radius 2 is 0.922 bits per heavy atom. The molecule has 0 spiro atoms. The number of benzene rings is 10. The molecule has 0 saturated carbocycles. The summed E-state index contributed by atoms with van der Waals surface area (Å²) >= 11 is 0.488. The smallest absolute Gasteiger partial charge is 0.0652 e. The van der Waals surface area contributed by atoms with Crippen LogP contribution in [0.5, 0.6) is 0 Å². The van der Waals surface area contributed by atoms with Crippen molar-refractivity contribution in [1.29, 1.82) is 0 Å². The number of thiophene rings is 1. The van der Waals surface area contributed by atoms with Crippen LogP contribution in [-0.2, 0) is 0 Å². The highest BCUT2D eigenvalue weighted by Gasteiger charge is 2.25. The topological polar surface area (TPSA) is 13.1 Å². The lowest BCUT2D eigenvalue weighted by Crippen LogP contribution is -2.10. The summed E-state index contributed by atoms with van der Waals surface area (Å²) < 4.78 is 365. The minimum atomic E-state index is -1.45. The fourth-order valence-corrected chi connectivity index (χ4v) is 8.46. The van der Waals surface area contributed by atoms with Crippen molar-refractivity contribution in [3.63, 3.8) is 0 Å². The van der Waals surface area contributed by atoms with E-state index in [-0.39, 0.29) is 4.70 Å². The molecule has 3 nitrogen and oxygen atoms in total. The number of aromatic nitrogens is 2. The molecule has 3 heterocycles. The summed E-state index contributed by atoms with van der Waals surface area (Å²) in [6.07, 6.45) is 0. The van der Waals surface area contributed by atoms with Crippen molar-refractivity contribution in [1.82, 2.24) is 9.13 Å². The van der Waals surface area contributed by atoms with Crippen molar-refractivity contribution < 1.29 is 53.5 Å². The van der Waals surface area contributed by atoms with E-state index in [4.69, 9.17) is 24.7 Å². The summed E-state index contributed by atoms with van der Waals surface area (Å²) in [4.78, 5) is 0.336. The van der Waals surface area contributed by atoms with E-state index in [9.17, 15) is 28.8 Å². The van der Waals surface area contributed by atoms with Crippen molar-refractivity contribution in [3.05, 3.63) is 236 Å². The van der Waals surface area contributed by atoms with Gasteiger partial charge in [-0.25, -0.2) is 0 Å².